The minimum absolute atomic E-state index is 0.517. The Morgan fingerprint density at radius 2 is 2.00 bits per heavy atom. The van der Waals surface area contributed by atoms with Crippen molar-refractivity contribution in [2.75, 3.05) is 14.2 Å². The van der Waals surface area contributed by atoms with E-state index < -0.39 is 6.03 Å². The van der Waals surface area contributed by atoms with Crippen LogP contribution in [0.5, 0.6) is 11.5 Å². The first kappa shape index (κ1) is 13.0. The maximum absolute atomic E-state index is 11.0. The van der Waals surface area contributed by atoms with E-state index in [2.05, 4.69) is 15.1 Å². The number of rotatable bonds is 3. The summed E-state index contributed by atoms with van der Waals surface area (Å²) in [5.74, 6) is 1.72. The Labute approximate surface area is 119 Å². The Hall–Kier alpha value is -3.03. The second-order valence-corrected chi connectivity index (χ2v) is 4.29. The van der Waals surface area contributed by atoms with Gasteiger partial charge in [-0.2, -0.15) is 9.78 Å². The number of H-pyrrole nitrogens is 1. The first-order valence-corrected chi connectivity index (χ1v) is 6.10. The van der Waals surface area contributed by atoms with E-state index in [4.69, 9.17) is 15.2 Å². The summed E-state index contributed by atoms with van der Waals surface area (Å²) in [4.78, 5) is 18.6. The molecule has 8 nitrogen and oxygen atoms in total. The van der Waals surface area contributed by atoms with Gasteiger partial charge in [-0.25, -0.2) is 9.78 Å². The summed E-state index contributed by atoms with van der Waals surface area (Å²) in [5.41, 5.74) is 7.15. The number of benzene rings is 1. The Kier molecular flexibility index (Phi) is 2.98. The lowest BCUT2D eigenvalue weighted by atomic mass is 10.3. The first-order chi connectivity index (χ1) is 10.1. The largest absolute Gasteiger partial charge is 0.493 e. The number of nitrogens with one attached hydrogen (secondary N) is 1. The molecule has 0 saturated heterocycles. The summed E-state index contributed by atoms with van der Waals surface area (Å²) >= 11 is 0. The van der Waals surface area contributed by atoms with Crippen molar-refractivity contribution in [1.29, 1.82) is 0 Å². The molecule has 2 heterocycles. The maximum atomic E-state index is 11.0. The zero-order valence-electron chi connectivity index (χ0n) is 11.5. The molecule has 0 aliphatic rings. The molecule has 0 fully saturated rings. The number of aromatic nitrogens is 4. The normalized spacial score (nSPS) is 10.8. The van der Waals surface area contributed by atoms with Gasteiger partial charge in [0.15, 0.2) is 17.3 Å². The number of methoxy groups -OCH3 is 2. The number of imidazole rings is 1. The van der Waals surface area contributed by atoms with Crippen LogP contribution < -0.4 is 15.2 Å². The van der Waals surface area contributed by atoms with Gasteiger partial charge in [0.2, 0.25) is 0 Å². The molecular formula is C13H13N5O3. The van der Waals surface area contributed by atoms with Crippen molar-refractivity contribution in [1.82, 2.24) is 19.7 Å². The van der Waals surface area contributed by atoms with Gasteiger partial charge in [0.25, 0.3) is 0 Å². The fourth-order valence-electron chi connectivity index (χ4n) is 2.03. The topological polar surface area (TPSA) is 108 Å². The number of carbonyl (C=O) groups is 1. The van der Waals surface area contributed by atoms with Crippen LogP contribution in [-0.4, -0.2) is 40.0 Å². The number of primary amides is 1. The number of nitrogens with zero attached hydrogens (tertiary/aromatic N) is 3. The van der Waals surface area contributed by atoms with E-state index in [1.165, 1.54) is 6.20 Å². The summed E-state index contributed by atoms with van der Waals surface area (Å²) in [7, 11) is 3.13. The molecule has 8 heteroatoms. The standard InChI is InChI=1S/C13H13N5O3/c1-20-10-5-8-9(6-11(10)21-2)16-12(15-8)7-3-4-18(17-7)13(14)19/h3-6H,1-2H3,(H2,14,19)(H,15,16). The maximum Gasteiger partial charge on any atom is 0.339 e. The van der Waals surface area contributed by atoms with Crippen LogP contribution in [-0.2, 0) is 0 Å². The predicted octanol–water partition coefficient (Wildman–Crippen LogP) is 1.37. The molecule has 0 bridgehead atoms. The third kappa shape index (κ3) is 2.16. The van der Waals surface area contributed by atoms with Gasteiger partial charge in [0.05, 0.1) is 25.3 Å². The third-order valence-corrected chi connectivity index (χ3v) is 3.04. The summed E-state index contributed by atoms with van der Waals surface area (Å²) in [6.07, 6.45) is 1.48. The second-order valence-electron chi connectivity index (χ2n) is 4.29. The van der Waals surface area contributed by atoms with Crippen molar-refractivity contribution >= 4 is 17.1 Å². The number of amides is 1. The van der Waals surface area contributed by atoms with Crippen LogP contribution in [0.25, 0.3) is 22.6 Å². The van der Waals surface area contributed by atoms with Gasteiger partial charge in [-0.3, -0.25) is 0 Å². The molecule has 0 saturated carbocycles. The summed E-state index contributed by atoms with van der Waals surface area (Å²) in [6, 6.07) is 4.55. The van der Waals surface area contributed by atoms with Gasteiger partial charge in [-0.15, -0.1) is 0 Å². The SMILES string of the molecule is COc1cc2nc(-c3ccn(C(N)=O)n3)[nH]c2cc1OC. The van der Waals surface area contributed by atoms with Crippen LogP contribution in [0.2, 0.25) is 0 Å². The van der Waals surface area contributed by atoms with Gasteiger partial charge in [0, 0.05) is 18.3 Å². The molecule has 0 atom stereocenters. The fourth-order valence-corrected chi connectivity index (χ4v) is 2.03. The highest BCUT2D eigenvalue weighted by molar-refractivity contribution is 5.83. The molecule has 3 rings (SSSR count). The molecular weight excluding hydrogens is 274 g/mol. The molecule has 2 aromatic heterocycles. The summed E-state index contributed by atoms with van der Waals surface area (Å²) in [6.45, 7) is 0. The zero-order chi connectivity index (χ0) is 15.0. The lowest BCUT2D eigenvalue weighted by molar-refractivity contribution is 0.248. The van der Waals surface area contributed by atoms with Crippen molar-refractivity contribution < 1.29 is 14.3 Å². The first-order valence-electron chi connectivity index (χ1n) is 6.10. The summed E-state index contributed by atoms with van der Waals surface area (Å²) in [5, 5.41) is 4.05. The monoisotopic (exact) mass is 287 g/mol. The van der Waals surface area contributed by atoms with Gasteiger partial charge in [-0.05, 0) is 6.07 Å². The average molecular weight is 287 g/mol. The fraction of sp³-hybridized carbons (Fsp3) is 0.154. The lowest BCUT2D eigenvalue weighted by Gasteiger charge is -2.06. The zero-order valence-corrected chi connectivity index (χ0v) is 11.5. The molecule has 0 aliphatic heterocycles. The molecule has 21 heavy (non-hydrogen) atoms. The van der Waals surface area contributed by atoms with E-state index >= 15 is 0 Å². The highest BCUT2D eigenvalue weighted by atomic mass is 16.5. The molecule has 1 amide bonds. The lowest BCUT2D eigenvalue weighted by Crippen LogP contribution is -2.19. The highest BCUT2D eigenvalue weighted by Crippen LogP contribution is 2.32. The van der Waals surface area contributed by atoms with Crippen LogP contribution in [0.1, 0.15) is 0 Å². The van der Waals surface area contributed by atoms with Crippen LogP contribution in [0.15, 0.2) is 24.4 Å². The van der Waals surface area contributed by atoms with Crippen LogP contribution in [0, 0.1) is 0 Å². The summed E-state index contributed by atoms with van der Waals surface area (Å²) < 4.78 is 11.5. The number of hydrogen-bond donors (Lipinski definition) is 2. The van der Waals surface area contributed by atoms with Gasteiger partial charge >= 0.3 is 6.03 Å². The van der Waals surface area contributed by atoms with E-state index in [-0.39, 0.29) is 0 Å². The minimum atomic E-state index is -0.652. The van der Waals surface area contributed by atoms with Crippen molar-refractivity contribution in [3.05, 3.63) is 24.4 Å². The Bertz CT molecular complexity index is 779. The predicted molar refractivity (Wildman–Crippen MR) is 75.4 cm³/mol. The van der Waals surface area contributed by atoms with Gasteiger partial charge in [-0.1, -0.05) is 0 Å². The van der Waals surface area contributed by atoms with Gasteiger partial charge in [0.1, 0.15) is 5.69 Å². The van der Waals surface area contributed by atoms with Crippen molar-refractivity contribution in [3.8, 4) is 23.0 Å². The van der Waals surface area contributed by atoms with Crippen LogP contribution >= 0.6 is 0 Å². The quantitative estimate of drug-likeness (QED) is 0.756. The van der Waals surface area contributed by atoms with Crippen molar-refractivity contribution in [2.45, 2.75) is 0 Å². The second kappa shape index (κ2) is 4.82. The van der Waals surface area contributed by atoms with E-state index in [1.807, 2.05) is 0 Å². The molecule has 108 valence electrons. The Balaban J connectivity index is 2.09. The van der Waals surface area contributed by atoms with E-state index in [1.54, 1.807) is 32.4 Å². The van der Waals surface area contributed by atoms with Crippen molar-refractivity contribution in [2.24, 2.45) is 5.73 Å². The number of nitrogens with two attached hydrogens (primary N) is 1. The molecule has 0 spiro atoms. The molecule has 0 radical (unpaired) electrons. The molecule has 3 N–H and O–H groups in total. The number of hydrogen-bond acceptors (Lipinski definition) is 5. The Morgan fingerprint density at radius 1 is 1.29 bits per heavy atom. The van der Waals surface area contributed by atoms with E-state index in [9.17, 15) is 4.79 Å². The van der Waals surface area contributed by atoms with Crippen LogP contribution in [0.4, 0.5) is 4.79 Å². The third-order valence-electron chi connectivity index (χ3n) is 3.04. The number of fused-ring (bicyclic) bond motifs is 1. The Morgan fingerprint density at radius 3 is 2.62 bits per heavy atom. The molecule has 0 aliphatic carbocycles. The molecule has 0 unspecified atom stereocenters. The molecule has 3 aromatic rings. The number of aromatic amines is 1. The van der Waals surface area contributed by atoms with E-state index in [0.717, 1.165) is 10.2 Å². The van der Waals surface area contributed by atoms with Crippen molar-refractivity contribution in [3.63, 3.8) is 0 Å². The number of carbonyl (C=O) groups excluding carboxylic acids is 1. The number of ether oxygens (including phenoxy) is 2. The van der Waals surface area contributed by atoms with Crippen LogP contribution in [0.3, 0.4) is 0 Å². The molecule has 1 aromatic carbocycles. The highest BCUT2D eigenvalue weighted by Gasteiger charge is 2.13. The van der Waals surface area contributed by atoms with Gasteiger partial charge < -0.3 is 20.2 Å². The van der Waals surface area contributed by atoms with E-state index in [0.29, 0.717) is 28.5 Å². The smallest absolute Gasteiger partial charge is 0.339 e. The minimum Gasteiger partial charge on any atom is -0.493 e. The average Bonchev–Trinajstić information content (AvgIpc) is 3.11.